The fourth-order valence-electron chi connectivity index (χ4n) is 1.30. The van der Waals surface area contributed by atoms with Crippen LogP contribution in [0.5, 0.6) is 11.8 Å². The molecule has 0 bridgehead atoms. The zero-order valence-corrected chi connectivity index (χ0v) is 9.71. The molecule has 2 aromatic rings. The van der Waals surface area contributed by atoms with Gasteiger partial charge in [-0.1, -0.05) is 13.3 Å². The number of nitrogens with one attached hydrogen (secondary N) is 1. The highest BCUT2D eigenvalue weighted by Crippen LogP contribution is 2.24. The second kappa shape index (κ2) is 5.30. The zero-order valence-electron chi connectivity index (χ0n) is 9.71. The first-order valence-corrected chi connectivity index (χ1v) is 5.45. The molecule has 0 aromatic carbocycles. The van der Waals surface area contributed by atoms with Gasteiger partial charge in [-0.3, -0.25) is 0 Å². The largest absolute Gasteiger partial charge is 0.515 e. The summed E-state index contributed by atoms with van der Waals surface area (Å²) in [6.45, 7) is 2.27. The van der Waals surface area contributed by atoms with Crippen LogP contribution in [0.1, 0.15) is 19.8 Å². The molecule has 18 heavy (non-hydrogen) atoms. The molecule has 2 N–H and O–H groups in total. The molecule has 2 aromatic heterocycles. The van der Waals surface area contributed by atoms with Crippen molar-refractivity contribution in [1.29, 1.82) is 0 Å². The number of fused-ring (bicyclic) bond motifs is 1. The van der Waals surface area contributed by atoms with Crippen LogP contribution in [0.3, 0.4) is 0 Å². The third-order valence-corrected chi connectivity index (χ3v) is 2.20. The lowest BCUT2D eigenvalue weighted by molar-refractivity contribution is 0.0963. The van der Waals surface area contributed by atoms with E-state index >= 15 is 0 Å². The number of H-pyrrole nitrogens is 1. The Morgan fingerprint density at radius 2 is 2.33 bits per heavy atom. The molecule has 2 rings (SSSR count). The van der Waals surface area contributed by atoms with Gasteiger partial charge in [0.25, 0.3) is 11.8 Å². The molecule has 0 aliphatic carbocycles. The molecule has 0 spiro atoms. The number of rotatable bonds is 4. The molecule has 0 atom stereocenters. The van der Waals surface area contributed by atoms with E-state index in [1.165, 1.54) is 6.33 Å². The van der Waals surface area contributed by atoms with Crippen LogP contribution in [0.15, 0.2) is 6.33 Å². The molecule has 0 radical (unpaired) electrons. The SMILES string of the molecule is CCCCOC(=O)Oc1nnc(O)c2nc[nH]c12. The van der Waals surface area contributed by atoms with Crippen LogP contribution in [-0.2, 0) is 4.74 Å². The summed E-state index contributed by atoms with van der Waals surface area (Å²) in [5.41, 5.74) is 0.469. The van der Waals surface area contributed by atoms with Gasteiger partial charge in [0.05, 0.1) is 12.9 Å². The number of hydrogen-bond acceptors (Lipinski definition) is 7. The van der Waals surface area contributed by atoms with Crippen molar-refractivity contribution in [2.45, 2.75) is 19.8 Å². The quantitative estimate of drug-likeness (QED) is 0.624. The molecule has 0 saturated carbocycles. The van der Waals surface area contributed by atoms with Gasteiger partial charge >= 0.3 is 6.16 Å². The number of imidazole rings is 1. The summed E-state index contributed by atoms with van der Waals surface area (Å²) in [4.78, 5) is 17.8. The van der Waals surface area contributed by atoms with Gasteiger partial charge in [-0.05, 0) is 6.42 Å². The fraction of sp³-hybridized carbons (Fsp3) is 0.400. The Balaban J connectivity index is 2.10. The summed E-state index contributed by atoms with van der Waals surface area (Å²) in [6, 6.07) is 0. The molecule has 96 valence electrons. The third-order valence-electron chi connectivity index (χ3n) is 2.20. The lowest BCUT2D eigenvalue weighted by Gasteiger charge is -2.04. The number of carbonyl (C=O) groups excluding carboxylic acids is 1. The number of carbonyl (C=O) groups is 1. The monoisotopic (exact) mass is 252 g/mol. The summed E-state index contributed by atoms with van der Waals surface area (Å²) < 4.78 is 9.69. The second-order valence-electron chi connectivity index (χ2n) is 3.51. The number of aromatic nitrogens is 4. The van der Waals surface area contributed by atoms with Crippen LogP contribution in [0.25, 0.3) is 11.0 Å². The molecule has 0 amide bonds. The van der Waals surface area contributed by atoms with Crippen LogP contribution in [0, 0.1) is 0 Å². The highest BCUT2D eigenvalue weighted by Gasteiger charge is 2.15. The van der Waals surface area contributed by atoms with E-state index in [4.69, 9.17) is 9.47 Å². The van der Waals surface area contributed by atoms with E-state index in [-0.39, 0.29) is 29.4 Å². The van der Waals surface area contributed by atoms with Crippen molar-refractivity contribution in [3.63, 3.8) is 0 Å². The van der Waals surface area contributed by atoms with Gasteiger partial charge in [0.1, 0.15) is 5.52 Å². The van der Waals surface area contributed by atoms with Gasteiger partial charge in [0.15, 0.2) is 5.52 Å². The van der Waals surface area contributed by atoms with E-state index in [9.17, 15) is 9.90 Å². The van der Waals surface area contributed by atoms with E-state index in [2.05, 4.69) is 20.2 Å². The fourth-order valence-corrected chi connectivity index (χ4v) is 1.30. The first kappa shape index (κ1) is 12.1. The van der Waals surface area contributed by atoms with Crippen molar-refractivity contribution in [2.24, 2.45) is 0 Å². The average molecular weight is 252 g/mol. The Hall–Kier alpha value is -2.38. The van der Waals surface area contributed by atoms with Gasteiger partial charge in [0, 0.05) is 0 Å². The van der Waals surface area contributed by atoms with Crippen molar-refractivity contribution in [3.05, 3.63) is 6.33 Å². The van der Waals surface area contributed by atoms with Crippen molar-refractivity contribution in [1.82, 2.24) is 20.2 Å². The van der Waals surface area contributed by atoms with Crippen molar-refractivity contribution in [2.75, 3.05) is 6.61 Å². The van der Waals surface area contributed by atoms with Crippen LogP contribution >= 0.6 is 0 Å². The van der Waals surface area contributed by atoms with Crippen molar-refractivity contribution >= 4 is 17.2 Å². The third kappa shape index (κ3) is 2.47. The average Bonchev–Trinajstić information content (AvgIpc) is 2.83. The first-order valence-electron chi connectivity index (χ1n) is 5.45. The number of hydrogen-bond donors (Lipinski definition) is 2. The Kier molecular flexibility index (Phi) is 3.56. The van der Waals surface area contributed by atoms with Gasteiger partial charge < -0.3 is 19.6 Å². The Labute approximate surface area is 102 Å². The minimum atomic E-state index is -0.862. The lowest BCUT2D eigenvalue weighted by Crippen LogP contribution is -2.12. The predicted octanol–water partition coefficient (Wildman–Crippen LogP) is 1.37. The summed E-state index contributed by atoms with van der Waals surface area (Å²) in [6.07, 6.45) is 2.15. The molecule has 0 unspecified atom stereocenters. The minimum Gasteiger partial charge on any atom is -0.491 e. The highest BCUT2D eigenvalue weighted by atomic mass is 16.7. The van der Waals surface area contributed by atoms with Crippen molar-refractivity contribution in [3.8, 4) is 11.8 Å². The smallest absolute Gasteiger partial charge is 0.491 e. The number of aromatic hydroxyl groups is 1. The van der Waals surface area contributed by atoms with E-state index in [1.54, 1.807) is 0 Å². The molecular formula is C10H12N4O4. The summed E-state index contributed by atoms with van der Waals surface area (Å²) >= 11 is 0. The van der Waals surface area contributed by atoms with Crippen LogP contribution in [-0.4, -0.2) is 38.0 Å². The molecule has 2 heterocycles. The summed E-state index contributed by atoms with van der Waals surface area (Å²) in [5.74, 6) is -0.417. The van der Waals surface area contributed by atoms with Gasteiger partial charge in [-0.25, -0.2) is 9.78 Å². The number of unbranched alkanes of at least 4 members (excludes halogenated alkanes) is 1. The highest BCUT2D eigenvalue weighted by molar-refractivity contribution is 5.84. The van der Waals surface area contributed by atoms with Gasteiger partial charge in [0.2, 0.25) is 0 Å². The molecular weight excluding hydrogens is 240 g/mol. The van der Waals surface area contributed by atoms with Gasteiger partial charge in [-0.15, -0.1) is 10.2 Å². The molecule has 0 saturated heterocycles. The summed E-state index contributed by atoms with van der Waals surface area (Å²) in [5, 5.41) is 16.3. The molecule has 0 aliphatic heterocycles. The van der Waals surface area contributed by atoms with E-state index in [0.717, 1.165) is 12.8 Å². The number of ether oxygens (including phenoxy) is 2. The lowest BCUT2D eigenvalue weighted by atomic mass is 10.4. The maximum atomic E-state index is 11.3. The van der Waals surface area contributed by atoms with Gasteiger partial charge in [-0.2, -0.15) is 0 Å². The maximum absolute atomic E-state index is 11.3. The van der Waals surface area contributed by atoms with Crippen LogP contribution < -0.4 is 4.74 Å². The zero-order chi connectivity index (χ0) is 13.0. The van der Waals surface area contributed by atoms with E-state index < -0.39 is 6.16 Å². The van der Waals surface area contributed by atoms with Crippen LogP contribution in [0.4, 0.5) is 4.79 Å². The minimum absolute atomic E-state index is 0.0817. The van der Waals surface area contributed by atoms with E-state index in [0.29, 0.717) is 0 Å². The van der Waals surface area contributed by atoms with E-state index in [1.807, 2.05) is 6.92 Å². The van der Waals surface area contributed by atoms with Crippen LogP contribution in [0.2, 0.25) is 0 Å². The maximum Gasteiger partial charge on any atom is 0.515 e. The van der Waals surface area contributed by atoms with Crippen molar-refractivity contribution < 1.29 is 19.4 Å². The Morgan fingerprint density at radius 3 is 3.11 bits per heavy atom. The molecule has 0 aliphatic rings. The second-order valence-corrected chi connectivity index (χ2v) is 3.51. The Bertz CT molecular complexity index is 554. The number of nitrogens with zero attached hydrogens (tertiary/aromatic N) is 3. The molecule has 8 heteroatoms. The standard InChI is InChI=1S/C10H12N4O4/c1-2-3-4-17-10(16)18-9-7-6(11-5-12-7)8(15)13-14-9/h5H,2-4H2,1H3,(H,11,12)(H,13,15). The molecule has 8 nitrogen and oxygen atoms in total. The topological polar surface area (TPSA) is 110 Å². The number of aromatic amines is 1. The first-order chi connectivity index (χ1) is 8.72. The Morgan fingerprint density at radius 1 is 1.50 bits per heavy atom. The summed E-state index contributed by atoms with van der Waals surface area (Å²) in [7, 11) is 0. The molecule has 0 fully saturated rings. The predicted molar refractivity (Wildman–Crippen MR) is 60.2 cm³/mol. The normalized spacial score (nSPS) is 10.5.